The molecule has 4 rings (SSSR count). The second kappa shape index (κ2) is 9.16. The molecule has 0 aliphatic carbocycles. The molecule has 1 amide bonds. The summed E-state index contributed by atoms with van der Waals surface area (Å²) in [5.41, 5.74) is 2.01. The molecular formula is C23H24FN3O4. The van der Waals surface area contributed by atoms with E-state index >= 15 is 0 Å². The molecule has 3 aromatic rings. The quantitative estimate of drug-likeness (QED) is 0.638. The number of rotatable bonds is 6. The van der Waals surface area contributed by atoms with Gasteiger partial charge in [0.05, 0.1) is 19.3 Å². The van der Waals surface area contributed by atoms with E-state index in [0.29, 0.717) is 48.2 Å². The van der Waals surface area contributed by atoms with Crippen LogP contribution in [0.2, 0.25) is 0 Å². The molecule has 0 bridgehead atoms. The molecule has 1 aliphatic heterocycles. The fraction of sp³-hybridized carbons (Fsp3) is 0.348. The van der Waals surface area contributed by atoms with Crippen LogP contribution in [0.4, 0.5) is 4.39 Å². The van der Waals surface area contributed by atoms with Crippen molar-refractivity contribution in [2.24, 2.45) is 0 Å². The van der Waals surface area contributed by atoms with Crippen LogP contribution in [0.15, 0.2) is 40.9 Å². The number of carbonyl (C=O) groups excluding carboxylic acids is 1. The number of nitrogens with zero attached hydrogens (tertiary/aromatic N) is 2. The Morgan fingerprint density at radius 1 is 1.16 bits per heavy atom. The number of ether oxygens (including phenoxy) is 2. The van der Waals surface area contributed by atoms with E-state index in [2.05, 4.69) is 15.5 Å². The molecule has 1 atom stereocenters. The van der Waals surface area contributed by atoms with Crippen molar-refractivity contribution in [1.82, 2.24) is 15.5 Å². The minimum atomic E-state index is -0.327. The lowest BCUT2D eigenvalue weighted by molar-refractivity contribution is -0.121. The van der Waals surface area contributed by atoms with Gasteiger partial charge in [0.2, 0.25) is 17.6 Å². The van der Waals surface area contributed by atoms with E-state index in [0.717, 1.165) is 17.7 Å². The zero-order valence-electron chi connectivity index (χ0n) is 17.5. The van der Waals surface area contributed by atoms with Crippen molar-refractivity contribution in [3.63, 3.8) is 0 Å². The van der Waals surface area contributed by atoms with Gasteiger partial charge < -0.3 is 19.3 Å². The minimum Gasteiger partial charge on any atom is -0.490 e. The van der Waals surface area contributed by atoms with Crippen LogP contribution < -0.4 is 14.8 Å². The molecule has 7 nitrogen and oxygen atoms in total. The Hall–Kier alpha value is -3.42. The van der Waals surface area contributed by atoms with Gasteiger partial charge in [0.15, 0.2) is 11.5 Å². The fourth-order valence-corrected chi connectivity index (χ4v) is 3.27. The Bertz CT molecular complexity index is 1080. The molecule has 0 saturated heterocycles. The number of aromatic nitrogens is 2. The van der Waals surface area contributed by atoms with Crippen molar-refractivity contribution in [2.75, 3.05) is 13.2 Å². The third-order valence-corrected chi connectivity index (χ3v) is 5.11. The van der Waals surface area contributed by atoms with Gasteiger partial charge in [-0.2, -0.15) is 4.98 Å². The number of hydrogen-bond donors (Lipinski definition) is 1. The van der Waals surface area contributed by atoms with E-state index in [1.165, 1.54) is 6.07 Å². The van der Waals surface area contributed by atoms with Gasteiger partial charge in [0, 0.05) is 24.8 Å². The number of hydrogen-bond acceptors (Lipinski definition) is 6. The number of halogens is 1. The van der Waals surface area contributed by atoms with Gasteiger partial charge in [-0.1, -0.05) is 23.4 Å². The Morgan fingerprint density at radius 3 is 2.77 bits per heavy atom. The molecule has 1 aromatic heterocycles. The molecule has 0 fully saturated rings. The van der Waals surface area contributed by atoms with Crippen LogP contribution in [0, 0.1) is 12.7 Å². The molecular weight excluding hydrogens is 401 g/mol. The zero-order valence-corrected chi connectivity index (χ0v) is 17.5. The molecule has 2 heterocycles. The second-order valence-corrected chi connectivity index (χ2v) is 7.52. The van der Waals surface area contributed by atoms with Gasteiger partial charge >= 0.3 is 0 Å². The maximum absolute atomic E-state index is 13.7. The lowest BCUT2D eigenvalue weighted by atomic mass is 10.1. The van der Waals surface area contributed by atoms with Gasteiger partial charge in [-0.25, -0.2) is 4.39 Å². The smallest absolute Gasteiger partial charge is 0.227 e. The van der Waals surface area contributed by atoms with Crippen LogP contribution in [0.5, 0.6) is 11.5 Å². The van der Waals surface area contributed by atoms with E-state index < -0.39 is 0 Å². The third kappa shape index (κ3) is 5.02. The molecule has 1 N–H and O–H groups in total. The first kappa shape index (κ1) is 20.8. The average molecular weight is 425 g/mol. The number of nitrogens with one attached hydrogen (secondary N) is 1. The van der Waals surface area contributed by atoms with E-state index in [-0.39, 0.29) is 24.2 Å². The normalized spacial score (nSPS) is 14.0. The van der Waals surface area contributed by atoms with Gasteiger partial charge in [0.1, 0.15) is 5.82 Å². The predicted octanol–water partition coefficient (Wildman–Crippen LogP) is 4.16. The SMILES string of the molecule is Cc1ccc(-c2noc(CCC(=O)NC(C)c3ccc4c(c3)OCCCO4)n2)cc1F. The first-order chi connectivity index (χ1) is 15.0. The van der Waals surface area contributed by atoms with Crippen LogP contribution in [0.1, 0.15) is 42.8 Å². The van der Waals surface area contributed by atoms with Gasteiger partial charge in [-0.3, -0.25) is 4.79 Å². The van der Waals surface area contributed by atoms with E-state index in [1.807, 2.05) is 25.1 Å². The summed E-state index contributed by atoms with van der Waals surface area (Å²) in [6.07, 6.45) is 1.33. The summed E-state index contributed by atoms with van der Waals surface area (Å²) < 4.78 is 30.3. The number of aryl methyl sites for hydroxylation is 2. The van der Waals surface area contributed by atoms with Crippen molar-refractivity contribution in [2.45, 2.75) is 39.2 Å². The largest absolute Gasteiger partial charge is 0.490 e. The molecule has 162 valence electrons. The zero-order chi connectivity index (χ0) is 21.8. The van der Waals surface area contributed by atoms with Crippen LogP contribution >= 0.6 is 0 Å². The van der Waals surface area contributed by atoms with Crippen molar-refractivity contribution < 1.29 is 23.2 Å². The molecule has 31 heavy (non-hydrogen) atoms. The topological polar surface area (TPSA) is 86.5 Å². The summed E-state index contributed by atoms with van der Waals surface area (Å²) >= 11 is 0. The van der Waals surface area contributed by atoms with Crippen LogP contribution in [0.25, 0.3) is 11.4 Å². The molecule has 1 unspecified atom stereocenters. The highest BCUT2D eigenvalue weighted by molar-refractivity contribution is 5.76. The molecule has 0 spiro atoms. The Balaban J connectivity index is 1.33. The number of benzene rings is 2. The third-order valence-electron chi connectivity index (χ3n) is 5.11. The van der Waals surface area contributed by atoms with Gasteiger partial charge in [-0.05, 0) is 43.2 Å². The average Bonchev–Trinajstić information content (AvgIpc) is 3.11. The summed E-state index contributed by atoms with van der Waals surface area (Å²) in [5.74, 6) is 1.58. The first-order valence-corrected chi connectivity index (χ1v) is 10.3. The van der Waals surface area contributed by atoms with Crippen molar-refractivity contribution in [3.05, 3.63) is 59.2 Å². The number of carbonyl (C=O) groups is 1. The maximum Gasteiger partial charge on any atom is 0.227 e. The lowest BCUT2D eigenvalue weighted by Gasteiger charge is -2.16. The summed E-state index contributed by atoms with van der Waals surface area (Å²) in [5, 5.41) is 6.85. The fourth-order valence-electron chi connectivity index (χ4n) is 3.27. The van der Waals surface area contributed by atoms with Crippen LogP contribution in [-0.2, 0) is 11.2 Å². The van der Waals surface area contributed by atoms with E-state index in [9.17, 15) is 9.18 Å². The number of fused-ring (bicyclic) bond motifs is 1. The first-order valence-electron chi connectivity index (χ1n) is 10.3. The summed E-state index contributed by atoms with van der Waals surface area (Å²) in [6.45, 7) is 4.84. The molecule has 0 radical (unpaired) electrons. The maximum atomic E-state index is 13.7. The Labute approximate surface area is 179 Å². The Morgan fingerprint density at radius 2 is 1.97 bits per heavy atom. The molecule has 0 saturated carbocycles. The summed E-state index contributed by atoms with van der Waals surface area (Å²) in [4.78, 5) is 16.7. The standard InChI is InChI=1S/C23H24FN3O4/c1-14-4-5-17(12-18(14)24)23-26-22(31-27-23)9-8-21(28)25-15(2)16-6-7-19-20(13-16)30-11-3-10-29-19/h4-7,12-13,15H,3,8-11H2,1-2H3,(H,25,28). The molecule has 1 aliphatic rings. The minimum absolute atomic E-state index is 0.138. The summed E-state index contributed by atoms with van der Waals surface area (Å²) in [7, 11) is 0. The molecule has 2 aromatic carbocycles. The highest BCUT2D eigenvalue weighted by atomic mass is 19.1. The number of amides is 1. The van der Waals surface area contributed by atoms with Crippen molar-refractivity contribution in [1.29, 1.82) is 0 Å². The predicted molar refractivity (Wildman–Crippen MR) is 111 cm³/mol. The Kier molecular flexibility index (Phi) is 6.16. The van der Waals surface area contributed by atoms with E-state index in [4.69, 9.17) is 14.0 Å². The molecule has 8 heteroatoms. The van der Waals surface area contributed by atoms with E-state index in [1.54, 1.807) is 19.1 Å². The van der Waals surface area contributed by atoms with Gasteiger partial charge in [0.25, 0.3) is 0 Å². The van der Waals surface area contributed by atoms with Crippen LogP contribution in [-0.4, -0.2) is 29.3 Å². The van der Waals surface area contributed by atoms with Crippen molar-refractivity contribution in [3.8, 4) is 22.9 Å². The highest BCUT2D eigenvalue weighted by Gasteiger charge is 2.16. The van der Waals surface area contributed by atoms with Gasteiger partial charge in [-0.15, -0.1) is 0 Å². The second-order valence-electron chi connectivity index (χ2n) is 7.52. The van der Waals surface area contributed by atoms with Crippen molar-refractivity contribution >= 4 is 5.91 Å². The summed E-state index contributed by atoms with van der Waals surface area (Å²) in [6, 6.07) is 10.3. The van der Waals surface area contributed by atoms with Crippen LogP contribution in [0.3, 0.4) is 0 Å². The highest BCUT2D eigenvalue weighted by Crippen LogP contribution is 2.32. The monoisotopic (exact) mass is 425 g/mol. The lowest BCUT2D eigenvalue weighted by Crippen LogP contribution is -2.26.